The minimum absolute atomic E-state index is 0.0498. The van der Waals surface area contributed by atoms with Crippen LogP contribution in [0, 0.1) is 0 Å². The SMILES string of the molecule is CC(C)N1CCC(NC(=O)c2ccc3ccccc3c2)CC1. The van der Waals surface area contributed by atoms with Crippen LogP contribution in [-0.4, -0.2) is 36.0 Å². The monoisotopic (exact) mass is 296 g/mol. The van der Waals surface area contributed by atoms with E-state index >= 15 is 0 Å². The zero-order valence-electron chi connectivity index (χ0n) is 13.4. The molecule has 3 rings (SSSR count). The Balaban J connectivity index is 1.64. The van der Waals surface area contributed by atoms with Crippen molar-refractivity contribution in [1.29, 1.82) is 0 Å². The lowest BCUT2D eigenvalue weighted by molar-refractivity contribution is 0.0901. The minimum atomic E-state index is 0.0498. The van der Waals surface area contributed by atoms with Crippen molar-refractivity contribution in [2.75, 3.05) is 13.1 Å². The summed E-state index contributed by atoms with van der Waals surface area (Å²) >= 11 is 0. The van der Waals surface area contributed by atoms with Gasteiger partial charge in [-0.2, -0.15) is 0 Å². The molecule has 0 aromatic heterocycles. The van der Waals surface area contributed by atoms with Crippen LogP contribution >= 0.6 is 0 Å². The van der Waals surface area contributed by atoms with E-state index in [0.29, 0.717) is 12.1 Å². The zero-order valence-corrected chi connectivity index (χ0v) is 13.4. The number of rotatable bonds is 3. The molecule has 1 amide bonds. The van der Waals surface area contributed by atoms with Gasteiger partial charge >= 0.3 is 0 Å². The Morgan fingerprint density at radius 2 is 1.77 bits per heavy atom. The number of nitrogens with zero attached hydrogens (tertiary/aromatic N) is 1. The molecule has 3 nitrogen and oxygen atoms in total. The van der Waals surface area contributed by atoms with E-state index in [1.807, 2.05) is 36.4 Å². The van der Waals surface area contributed by atoms with Gasteiger partial charge in [0.05, 0.1) is 0 Å². The summed E-state index contributed by atoms with van der Waals surface area (Å²) in [6.07, 6.45) is 2.08. The third kappa shape index (κ3) is 3.30. The average Bonchev–Trinajstić information content (AvgIpc) is 2.55. The Morgan fingerprint density at radius 1 is 1.09 bits per heavy atom. The van der Waals surface area contributed by atoms with E-state index < -0.39 is 0 Å². The number of likely N-dealkylation sites (tertiary alicyclic amines) is 1. The van der Waals surface area contributed by atoms with Crippen LogP contribution in [0.25, 0.3) is 10.8 Å². The molecule has 1 fully saturated rings. The largest absolute Gasteiger partial charge is 0.349 e. The molecule has 116 valence electrons. The van der Waals surface area contributed by atoms with Gasteiger partial charge in [0.15, 0.2) is 0 Å². The Kier molecular flexibility index (Phi) is 4.44. The van der Waals surface area contributed by atoms with E-state index in [2.05, 4.69) is 30.1 Å². The molecule has 0 bridgehead atoms. The van der Waals surface area contributed by atoms with Crippen LogP contribution in [-0.2, 0) is 0 Å². The molecule has 0 aliphatic carbocycles. The maximum atomic E-state index is 12.4. The summed E-state index contributed by atoms with van der Waals surface area (Å²) in [6.45, 7) is 6.60. The number of fused-ring (bicyclic) bond motifs is 1. The van der Waals surface area contributed by atoms with Crippen LogP contribution in [0.3, 0.4) is 0 Å². The molecule has 2 aromatic rings. The van der Waals surface area contributed by atoms with Crippen molar-refractivity contribution in [3.05, 3.63) is 48.0 Å². The molecule has 1 aliphatic heterocycles. The first-order valence-electron chi connectivity index (χ1n) is 8.17. The lowest BCUT2D eigenvalue weighted by Crippen LogP contribution is -2.46. The molecule has 0 unspecified atom stereocenters. The Morgan fingerprint density at radius 3 is 2.45 bits per heavy atom. The van der Waals surface area contributed by atoms with E-state index in [9.17, 15) is 4.79 Å². The van der Waals surface area contributed by atoms with Crippen LogP contribution in [0.2, 0.25) is 0 Å². The summed E-state index contributed by atoms with van der Waals surface area (Å²) in [6, 6.07) is 15.0. The van der Waals surface area contributed by atoms with Crippen LogP contribution in [0.4, 0.5) is 0 Å². The Labute approximate surface area is 132 Å². The van der Waals surface area contributed by atoms with Crippen LogP contribution in [0.15, 0.2) is 42.5 Å². The number of hydrogen-bond donors (Lipinski definition) is 1. The predicted octanol–water partition coefficient (Wildman–Crippen LogP) is 3.44. The fourth-order valence-corrected chi connectivity index (χ4v) is 3.16. The number of carbonyl (C=O) groups is 1. The summed E-state index contributed by atoms with van der Waals surface area (Å²) in [5, 5.41) is 5.48. The van der Waals surface area contributed by atoms with E-state index in [4.69, 9.17) is 0 Å². The molecular formula is C19H24N2O. The van der Waals surface area contributed by atoms with Gasteiger partial charge in [-0.3, -0.25) is 4.79 Å². The molecular weight excluding hydrogens is 272 g/mol. The van der Waals surface area contributed by atoms with Crippen LogP contribution in [0.5, 0.6) is 0 Å². The maximum absolute atomic E-state index is 12.4. The lowest BCUT2D eigenvalue weighted by Gasteiger charge is -2.34. The lowest BCUT2D eigenvalue weighted by atomic mass is 10.0. The highest BCUT2D eigenvalue weighted by Crippen LogP contribution is 2.17. The highest BCUT2D eigenvalue weighted by Gasteiger charge is 2.22. The average molecular weight is 296 g/mol. The third-order valence-corrected chi connectivity index (χ3v) is 4.61. The third-order valence-electron chi connectivity index (χ3n) is 4.61. The quantitative estimate of drug-likeness (QED) is 0.941. The van der Waals surface area contributed by atoms with Gasteiger partial charge in [0.25, 0.3) is 5.91 Å². The number of nitrogens with one attached hydrogen (secondary N) is 1. The number of amides is 1. The van der Waals surface area contributed by atoms with Gasteiger partial charge in [0.2, 0.25) is 0 Å². The van der Waals surface area contributed by atoms with Gasteiger partial charge in [-0.25, -0.2) is 0 Å². The molecule has 1 saturated heterocycles. The van der Waals surface area contributed by atoms with Crippen molar-refractivity contribution < 1.29 is 4.79 Å². The first-order valence-corrected chi connectivity index (χ1v) is 8.17. The number of benzene rings is 2. The van der Waals surface area contributed by atoms with E-state index in [-0.39, 0.29) is 5.91 Å². The van der Waals surface area contributed by atoms with Gasteiger partial charge in [-0.1, -0.05) is 30.3 Å². The Bertz CT molecular complexity index is 657. The second-order valence-electron chi connectivity index (χ2n) is 6.44. The van der Waals surface area contributed by atoms with Crippen LogP contribution < -0.4 is 5.32 Å². The predicted molar refractivity (Wildman–Crippen MR) is 91.1 cm³/mol. The van der Waals surface area contributed by atoms with Gasteiger partial charge < -0.3 is 10.2 Å². The molecule has 0 saturated carbocycles. The Hall–Kier alpha value is -1.87. The molecule has 0 atom stereocenters. The van der Waals surface area contributed by atoms with Crippen molar-refractivity contribution in [3.63, 3.8) is 0 Å². The van der Waals surface area contributed by atoms with Crippen molar-refractivity contribution >= 4 is 16.7 Å². The fraction of sp³-hybridized carbons (Fsp3) is 0.421. The molecule has 0 spiro atoms. The minimum Gasteiger partial charge on any atom is -0.349 e. The smallest absolute Gasteiger partial charge is 0.251 e. The van der Waals surface area contributed by atoms with E-state index in [1.54, 1.807) is 0 Å². The topological polar surface area (TPSA) is 32.3 Å². The first-order chi connectivity index (χ1) is 10.6. The first kappa shape index (κ1) is 15.0. The molecule has 1 N–H and O–H groups in total. The summed E-state index contributed by atoms with van der Waals surface area (Å²) < 4.78 is 0. The molecule has 1 aliphatic rings. The summed E-state index contributed by atoms with van der Waals surface area (Å²) in [7, 11) is 0. The van der Waals surface area contributed by atoms with E-state index in [0.717, 1.165) is 36.9 Å². The second-order valence-corrected chi connectivity index (χ2v) is 6.44. The van der Waals surface area contributed by atoms with Gasteiger partial charge in [0, 0.05) is 30.7 Å². The fourth-order valence-electron chi connectivity index (χ4n) is 3.16. The molecule has 22 heavy (non-hydrogen) atoms. The summed E-state index contributed by atoms with van der Waals surface area (Å²) in [4.78, 5) is 14.9. The van der Waals surface area contributed by atoms with Crippen molar-refractivity contribution in [3.8, 4) is 0 Å². The standard InChI is InChI=1S/C19H24N2O/c1-14(2)21-11-9-18(10-12-21)20-19(22)17-8-7-15-5-3-4-6-16(15)13-17/h3-8,13-14,18H,9-12H2,1-2H3,(H,20,22). The second kappa shape index (κ2) is 6.49. The number of piperidine rings is 1. The number of hydrogen-bond acceptors (Lipinski definition) is 2. The zero-order chi connectivity index (χ0) is 15.5. The van der Waals surface area contributed by atoms with Gasteiger partial charge in [-0.15, -0.1) is 0 Å². The molecule has 0 radical (unpaired) electrons. The molecule has 2 aromatic carbocycles. The van der Waals surface area contributed by atoms with Gasteiger partial charge in [0.1, 0.15) is 0 Å². The number of carbonyl (C=O) groups excluding carboxylic acids is 1. The van der Waals surface area contributed by atoms with Crippen LogP contribution in [0.1, 0.15) is 37.0 Å². The van der Waals surface area contributed by atoms with Gasteiger partial charge in [-0.05, 0) is 49.6 Å². The molecule has 1 heterocycles. The normalized spacial score (nSPS) is 17.0. The highest BCUT2D eigenvalue weighted by molar-refractivity contribution is 5.98. The van der Waals surface area contributed by atoms with Crippen molar-refractivity contribution in [2.24, 2.45) is 0 Å². The highest BCUT2D eigenvalue weighted by atomic mass is 16.1. The van der Waals surface area contributed by atoms with E-state index in [1.165, 1.54) is 5.39 Å². The summed E-state index contributed by atoms with van der Waals surface area (Å²) in [5.41, 5.74) is 0.755. The van der Waals surface area contributed by atoms with Crippen molar-refractivity contribution in [2.45, 2.75) is 38.8 Å². The maximum Gasteiger partial charge on any atom is 0.251 e. The van der Waals surface area contributed by atoms with Crippen molar-refractivity contribution in [1.82, 2.24) is 10.2 Å². The molecule has 3 heteroatoms. The summed E-state index contributed by atoms with van der Waals surface area (Å²) in [5.74, 6) is 0.0498.